The van der Waals surface area contributed by atoms with Gasteiger partial charge in [0.2, 0.25) is 5.91 Å². The third-order valence-corrected chi connectivity index (χ3v) is 7.08. The fraction of sp³-hybridized carbons (Fsp3) is 0.200. The second-order valence-corrected chi connectivity index (χ2v) is 11.7. The van der Waals surface area contributed by atoms with Gasteiger partial charge in [-0.1, -0.05) is 36.7 Å². The number of carbonyl (C=O) groups excluding carboxylic acids is 1. The Morgan fingerprint density at radius 1 is 1.11 bits per heavy atom. The largest absolute Gasteiger partial charge is 0.455 e. The molecule has 2 aromatic carbocycles. The summed E-state index contributed by atoms with van der Waals surface area (Å²) in [6.07, 6.45) is 1.43. The van der Waals surface area contributed by atoms with E-state index >= 15 is 0 Å². The van der Waals surface area contributed by atoms with Gasteiger partial charge in [-0.25, -0.2) is 18.1 Å². The Morgan fingerprint density at radius 3 is 2.44 bits per heavy atom. The van der Waals surface area contributed by atoms with Crippen molar-refractivity contribution in [3.8, 4) is 11.3 Å². The molecule has 0 aliphatic carbocycles. The molecule has 0 aliphatic rings. The van der Waals surface area contributed by atoms with Gasteiger partial charge < -0.3 is 4.42 Å². The molecule has 2 aromatic heterocycles. The van der Waals surface area contributed by atoms with E-state index in [-0.39, 0.29) is 10.5 Å². The molecule has 36 heavy (non-hydrogen) atoms. The summed E-state index contributed by atoms with van der Waals surface area (Å²) in [5.74, 6) is 0.697. The molecule has 11 heteroatoms. The first-order valence-electron chi connectivity index (χ1n) is 10.9. The van der Waals surface area contributed by atoms with Crippen LogP contribution in [0.3, 0.4) is 0 Å². The van der Waals surface area contributed by atoms with Crippen LogP contribution in [-0.4, -0.2) is 30.2 Å². The summed E-state index contributed by atoms with van der Waals surface area (Å²) < 4.78 is 34.1. The number of rotatable bonds is 5. The topological polar surface area (TPSA) is 124 Å². The number of halogens is 1. The fourth-order valence-corrected chi connectivity index (χ4v) is 4.83. The van der Waals surface area contributed by atoms with Gasteiger partial charge in [0.1, 0.15) is 17.3 Å². The van der Waals surface area contributed by atoms with Gasteiger partial charge in [-0.05, 0) is 54.6 Å². The van der Waals surface area contributed by atoms with Crippen LogP contribution in [0.1, 0.15) is 39.3 Å². The zero-order chi connectivity index (χ0) is 26.3. The summed E-state index contributed by atoms with van der Waals surface area (Å²) in [5.41, 5.74) is 0.459. The van der Waals surface area contributed by atoms with Crippen molar-refractivity contribution < 1.29 is 17.6 Å². The van der Waals surface area contributed by atoms with E-state index < -0.39 is 21.3 Å². The number of hydrogen-bond acceptors (Lipinski definition) is 7. The van der Waals surface area contributed by atoms with Crippen molar-refractivity contribution in [2.24, 2.45) is 5.10 Å². The van der Waals surface area contributed by atoms with Gasteiger partial charge >= 0.3 is 0 Å². The monoisotopic (exact) mass is 570 g/mol. The van der Waals surface area contributed by atoms with Gasteiger partial charge in [-0.15, -0.1) is 0 Å². The maximum absolute atomic E-state index is 13.3. The van der Waals surface area contributed by atoms with Crippen molar-refractivity contribution >= 4 is 49.0 Å². The molecule has 0 atom stereocenters. The minimum atomic E-state index is -3.92. The zero-order valence-electron chi connectivity index (χ0n) is 19.9. The first-order chi connectivity index (χ1) is 16.8. The van der Waals surface area contributed by atoms with E-state index in [0.717, 1.165) is 11.4 Å². The first kappa shape index (κ1) is 25.5. The number of nitrogens with one attached hydrogen (secondary N) is 1. The third-order valence-electron chi connectivity index (χ3n) is 5.13. The molecule has 0 radical (unpaired) electrons. The predicted molar refractivity (Wildman–Crippen MR) is 141 cm³/mol. The van der Waals surface area contributed by atoms with Gasteiger partial charge in [0.05, 0.1) is 22.0 Å². The van der Waals surface area contributed by atoms with Gasteiger partial charge in [-0.3, -0.25) is 9.59 Å². The maximum Gasteiger partial charge on any atom is 0.282 e. The van der Waals surface area contributed by atoms with Crippen LogP contribution >= 0.6 is 15.9 Å². The van der Waals surface area contributed by atoms with Gasteiger partial charge in [-0.2, -0.15) is 9.78 Å². The molecule has 0 bridgehead atoms. The van der Waals surface area contributed by atoms with E-state index in [2.05, 4.69) is 26.0 Å². The molecule has 9 nitrogen and oxygen atoms in total. The van der Waals surface area contributed by atoms with Crippen LogP contribution in [-0.2, 0) is 20.2 Å². The highest BCUT2D eigenvalue weighted by molar-refractivity contribution is 9.10. The number of benzene rings is 2. The summed E-state index contributed by atoms with van der Waals surface area (Å²) in [6, 6.07) is 14.6. The molecule has 1 amide bonds. The number of aromatic nitrogens is 2. The number of furan rings is 1. The molecule has 4 aromatic rings. The fourth-order valence-electron chi connectivity index (χ4n) is 3.48. The summed E-state index contributed by atoms with van der Waals surface area (Å²) in [6.45, 7) is 6.98. The minimum absolute atomic E-state index is 0.0423. The average Bonchev–Trinajstić information content (AvgIpc) is 3.26. The lowest BCUT2D eigenvalue weighted by Crippen LogP contribution is -2.29. The minimum Gasteiger partial charge on any atom is -0.455 e. The summed E-state index contributed by atoms with van der Waals surface area (Å²) in [7, 11) is -3.92. The van der Waals surface area contributed by atoms with Crippen LogP contribution in [0.5, 0.6) is 0 Å². The van der Waals surface area contributed by atoms with Crippen LogP contribution < -0.4 is 10.3 Å². The Morgan fingerprint density at radius 2 is 1.81 bits per heavy atom. The van der Waals surface area contributed by atoms with Crippen LogP contribution in [0.2, 0.25) is 0 Å². The molecule has 0 saturated heterocycles. The van der Waals surface area contributed by atoms with Crippen molar-refractivity contribution in [3.05, 3.63) is 81.0 Å². The van der Waals surface area contributed by atoms with Crippen molar-refractivity contribution in [1.29, 1.82) is 0 Å². The normalized spacial score (nSPS) is 12.4. The maximum atomic E-state index is 13.3. The van der Waals surface area contributed by atoms with Crippen LogP contribution in [0.15, 0.2) is 78.3 Å². The molecular weight excluding hydrogens is 548 g/mol. The Labute approximate surface area is 216 Å². The molecule has 2 heterocycles. The Bertz CT molecular complexity index is 1660. The van der Waals surface area contributed by atoms with E-state index in [1.54, 1.807) is 36.4 Å². The zero-order valence-corrected chi connectivity index (χ0v) is 22.3. The van der Waals surface area contributed by atoms with Crippen molar-refractivity contribution in [1.82, 2.24) is 14.4 Å². The van der Waals surface area contributed by atoms with Crippen LogP contribution in [0, 0.1) is 0 Å². The van der Waals surface area contributed by atoms with Crippen molar-refractivity contribution in [2.75, 3.05) is 0 Å². The molecule has 0 saturated carbocycles. The van der Waals surface area contributed by atoms with E-state index in [9.17, 15) is 18.0 Å². The second-order valence-electron chi connectivity index (χ2n) is 9.10. The number of carbonyl (C=O) groups is 1. The molecule has 0 unspecified atom stereocenters. The molecule has 186 valence electrons. The lowest BCUT2D eigenvalue weighted by atomic mass is 9.95. The third kappa shape index (κ3) is 5.31. The molecular formula is C25H23BrN4O5S. The highest BCUT2D eigenvalue weighted by Gasteiger charge is 2.23. The Kier molecular flexibility index (Phi) is 6.72. The number of amides is 1. The molecule has 0 fully saturated rings. The number of nitrogens with zero attached hydrogens (tertiary/aromatic N) is 3. The highest BCUT2D eigenvalue weighted by atomic mass is 79.9. The van der Waals surface area contributed by atoms with Gasteiger partial charge in [0.25, 0.3) is 15.6 Å². The quantitative estimate of drug-likeness (QED) is 0.354. The van der Waals surface area contributed by atoms with Crippen molar-refractivity contribution in [2.45, 2.75) is 38.0 Å². The van der Waals surface area contributed by atoms with E-state index in [4.69, 9.17) is 4.42 Å². The smallest absolute Gasteiger partial charge is 0.282 e. The highest BCUT2D eigenvalue weighted by Crippen LogP contribution is 2.25. The van der Waals surface area contributed by atoms with Gasteiger partial charge in [0, 0.05) is 22.4 Å². The number of fused-ring (bicyclic) bond motifs is 1. The lowest BCUT2D eigenvalue weighted by Gasteiger charge is -2.20. The standard InChI is InChI=1S/C25H23BrN4O5S/c1-15(31)29-36(33,34)19-9-5-16(6-10-19)22-12-8-18(35-22)14-27-30-23(32)20-13-17(26)7-11-21(20)28-24(30)25(2,3)4/h5-14H,1-4H3,(H,29,31). The van der Waals surface area contributed by atoms with Crippen LogP contribution in [0.25, 0.3) is 22.2 Å². The van der Waals surface area contributed by atoms with E-state index in [0.29, 0.717) is 33.8 Å². The molecule has 0 aliphatic heterocycles. The summed E-state index contributed by atoms with van der Waals surface area (Å²) in [4.78, 5) is 29.0. The van der Waals surface area contributed by atoms with Crippen molar-refractivity contribution in [3.63, 3.8) is 0 Å². The Balaban J connectivity index is 1.67. The second kappa shape index (κ2) is 9.47. The van der Waals surface area contributed by atoms with Crippen LogP contribution in [0.4, 0.5) is 0 Å². The first-order valence-corrected chi connectivity index (χ1v) is 13.1. The molecule has 1 N–H and O–H groups in total. The molecule has 0 spiro atoms. The van der Waals surface area contributed by atoms with Gasteiger partial charge in [0.15, 0.2) is 0 Å². The van der Waals surface area contributed by atoms with E-state index in [1.165, 1.54) is 23.0 Å². The summed E-state index contributed by atoms with van der Waals surface area (Å²) in [5, 5.41) is 4.83. The Hall–Kier alpha value is -3.57. The SMILES string of the molecule is CC(=O)NS(=O)(=O)c1ccc(-c2ccc(C=Nn3c(C(C)(C)C)nc4ccc(Br)cc4c3=O)o2)cc1. The molecule has 4 rings (SSSR count). The average molecular weight is 571 g/mol. The lowest BCUT2D eigenvalue weighted by molar-refractivity contribution is -0.117. The van der Waals surface area contributed by atoms with E-state index in [1.807, 2.05) is 31.6 Å². The summed E-state index contributed by atoms with van der Waals surface area (Å²) >= 11 is 3.39. The number of hydrogen-bond donors (Lipinski definition) is 1. The number of sulfonamides is 1. The predicted octanol–water partition coefficient (Wildman–Crippen LogP) is 4.42.